The molecule has 0 fully saturated rings. The Labute approximate surface area is 241 Å². The summed E-state index contributed by atoms with van der Waals surface area (Å²) in [5, 5.41) is 17.6. The second-order valence-corrected chi connectivity index (χ2v) is 9.90. The van der Waals surface area contributed by atoms with Crippen LogP contribution in [-0.4, -0.2) is 90.5 Å². The first-order chi connectivity index (χ1) is 19.4. The molecule has 1 aromatic carbocycles. The highest BCUT2D eigenvalue weighted by molar-refractivity contribution is 5.87. The minimum absolute atomic E-state index is 0.0225. The smallest absolute Gasteiger partial charge is 0.244 e. The SMILES string of the molecule is C[C@H](N)C(=O)NCCCN(CCCCNC(=O)[C@H](CO)NC(=O)CCCc1ccc(N=C(N)N)cc1)C(=O)[C@H](C)N. The monoisotopic (exact) mass is 577 g/mol. The summed E-state index contributed by atoms with van der Waals surface area (Å²) in [5.74, 6) is -1.29. The maximum atomic E-state index is 12.4. The van der Waals surface area contributed by atoms with Gasteiger partial charge in [-0.15, -0.1) is 0 Å². The summed E-state index contributed by atoms with van der Waals surface area (Å²) in [5.41, 5.74) is 23.6. The standard InChI is InChI=1S/C27H47N9O5/c1-18(28)24(39)32-14-6-16-36(26(41)19(2)29)15-4-3-13-33-25(40)22(17-37)35-23(38)8-5-7-20-9-11-21(12-10-20)34-27(30)31/h9-12,18-19,22,37H,3-8,13-17,28-29H2,1-2H3,(H,32,39)(H,33,40)(H,35,38)(H4,30,31,34)/t18-,19-,22-/m0/s1. The average Bonchev–Trinajstić information content (AvgIpc) is 2.92. The van der Waals surface area contributed by atoms with Gasteiger partial charge in [0.15, 0.2) is 5.96 Å². The van der Waals surface area contributed by atoms with Gasteiger partial charge in [-0.2, -0.15) is 0 Å². The molecule has 12 N–H and O–H groups in total. The van der Waals surface area contributed by atoms with Crippen molar-refractivity contribution in [2.75, 3.05) is 32.8 Å². The number of carbonyl (C=O) groups excluding carboxylic acids is 4. The van der Waals surface area contributed by atoms with Gasteiger partial charge in [0.2, 0.25) is 23.6 Å². The number of amides is 4. The number of nitrogens with zero attached hydrogens (tertiary/aromatic N) is 2. The number of benzene rings is 1. The lowest BCUT2D eigenvalue weighted by molar-refractivity contribution is -0.132. The number of hydrogen-bond acceptors (Lipinski definition) is 8. The summed E-state index contributed by atoms with van der Waals surface area (Å²) in [4.78, 5) is 54.3. The van der Waals surface area contributed by atoms with Crippen LogP contribution < -0.4 is 38.9 Å². The van der Waals surface area contributed by atoms with Crippen molar-refractivity contribution in [3.05, 3.63) is 29.8 Å². The lowest BCUT2D eigenvalue weighted by Crippen LogP contribution is -2.49. The molecule has 1 aromatic rings. The lowest BCUT2D eigenvalue weighted by Gasteiger charge is -2.25. The molecule has 0 aliphatic rings. The molecule has 1 rings (SSSR count). The fourth-order valence-electron chi connectivity index (χ4n) is 3.83. The third kappa shape index (κ3) is 15.0. The Morgan fingerprint density at radius 2 is 1.49 bits per heavy atom. The van der Waals surface area contributed by atoms with Gasteiger partial charge in [-0.3, -0.25) is 19.2 Å². The molecule has 0 radical (unpaired) electrons. The van der Waals surface area contributed by atoms with Crippen LogP contribution in [0.1, 0.15) is 51.5 Å². The highest BCUT2D eigenvalue weighted by Gasteiger charge is 2.20. The number of rotatable bonds is 19. The van der Waals surface area contributed by atoms with Gasteiger partial charge in [0, 0.05) is 32.6 Å². The van der Waals surface area contributed by atoms with Crippen molar-refractivity contribution in [3.63, 3.8) is 0 Å². The number of nitrogens with two attached hydrogens (primary N) is 4. The fourth-order valence-corrected chi connectivity index (χ4v) is 3.83. The predicted molar refractivity (Wildman–Crippen MR) is 158 cm³/mol. The molecule has 14 nitrogen and oxygen atoms in total. The molecule has 3 atom stereocenters. The summed E-state index contributed by atoms with van der Waals surface area (Å²) in [7, 11) is 0. The van der Waals surface area contributed by atoms with E-state index in [4.69, 9.17) is 22.9 Å². The molecule has 0 heterocycles. The van der Waals surface area contributed by atoms with E-state index in [1.165, 1.54) is 0 Å². The zero-order valence-electron chi connectivity index (χ0n) is 24.1. The predicted octanol–water partition coefficient (Wildman–Crippen LogP) is -1.68. The third-order valence-electron chi connectivity index (χ3n) is 6.07. The molecule has 0 aliphatic carbocycles. The number of nitrogens with one attached hydrogen (secondary N) is 3. The van der Waals surface area contributed by atoms with Gasteiger partial charge in [0.1, 0.15) is 6.04 Å². The molecule has 0 unspecified atom stereocenters. The first-order valence-corrected chi connectivity index (χ1v) is 13.9. The maximum Gasteiger partial charge on any atom is 0.244 e. The van der Waals surface area contributed by atoms with E-state index in [9.17, 15) is 24.3 Å². The lowest BCUT2D eigenvalue weighted by atomic mass is 10.1. The average molecular weight is 578 g/mol. The Morgan fingerprint density at radius 1 is 0.878 bits per heavy atom. The number of hydrogen-bond donors (Lipinski definition) is 8. The summed E-state index contributed by atoms with van der Waals surface area (Å²) < 4.78 is 0. The Balaban J connectivity index is 2.36. The van der Waals surface area contributed by atoms with E-state index < -0.39 is 30.6 Å². The van der Waals surface area contributed by atoms with E-state index in [2.05, 4.69) is 20.9 Å². The van der Waals surface area contributed by atoms with Crippen LogP contribution in [0.3, 0.4) is 0 Å². The summed E-state index contributed by atoms with van der Waals surface area (Å²) in [6.07, 6.45) is 3.13. The zero-order chi connectivity index (χ0) is 30.8. The second-order valence-electron chi connectivity index (χ2n) is 9.90. The van der Waals surface area contributed by atoms with Crippen LogP contribution >= 0.6 is 0 Å². The molecule has 14 heteroatoms. The Bertz CT molecular complexity index is 995. The number of guanidine groups is 1. The van der Waals surface area contributed by atoms with Crippen LogP contribution in [0.5, 0.6) is 0 Å². The molecule has 0 saturated heterocycles. The molecule has 41 heavy (non-hydrogen) atoms. The van der Waals surface area contributed by atoms with Crippen LogP contribution in [0.15, 0.2) is 29.3 Å². The zero-order valence-corrected chi connectivity index (χ0v) is 24.1. The number of aliphatic imine (C=N–C) groups is 1. The van der Waals surface area contributed by atoms with E-state index >= 15 is 0 Å². The van der Waals surface area contributed by atoms with Crippen molar-refractivity contribution in [2.24, 2.45) is 27.9 Å². The molecule has 0 aromatic heterocycles. The first kappa shape index (κ1) is 35.3. The fraction of sp³-hybridized carbons (Fsp3) is 0.593. The maximum absolute atomic E-state index is 12.4. The number of unbranched alkanes of at least 4 members (excludes halogenated alkanes) is 1. The Morgan fingerprint density at radius 3 is 2.07 bits per heavy atom. The topological polar surface area (TPSA) is 244 Å². The first-order valence-electron chi connectivity index (χ1n) is 13.9. The third-order valence-corrected chi connectivity index (χ3v) is 6.07. The second kappa shape index (κ2) is 19.3. The van der Waals surface area contributed by atoms with Crippen LogP contribution in [0.4, 0.5) is 5.69 Å². The van der Waals surface area contributed by atoms with E-state index in [0.717, 1.165) is 5.56 Å². The van der Waals surface area contributed by atoms with E-state index in [-0.39, 0.29) is 30.1 Å². The Kier molecular flexibility index (Phi) is 16.6. The van der Waals surface area contributed by atoms with Crippen molar-refractivity contribution in [3.8, 4) is 0 Å². The molecule has 230 valence electrons. The molecular weight excluding hydrogens is 530 g/mol. The van der Waals surface area contributed by atoms with E-state index in [1.54, 1.807) is 30.9 Å². The van der Waals surface area contributed by atoms with Crippen LogP contribution in [0.2, 0.25) is 0 Å². The van der Waals surface area contributed by atoms with Gasteiger partial charge in [0.05, 0.1) is 24.4 Å². The van der Waals surface area contributed by atoms with Crippen LogP contribution in [0, 0.1) is 0 Å². The number of carbonyl (C=O) groups is 4. The number of aliphatic hydroxyl groups excluding tert-OH is 1. The molecule has 0 bridgehead atoms. The van der Waals surface area contributed by atoms with Gasteiger partial charge in [-0.05, 0) is 63.6 Å². The van der Waals surface area contributed by atoms with Crippen LogP contribution in [0.25, 0.3) is 0 Å². The summed E-state index contributed by atoms with van der Waals surface area (Å²) in [6.45, 7) is 4.25. The van der Waals surface area contributed by atoms with E-state index in [0.29, 0.717) is 64.0 Å². The summed E-state index contributed by atoms with van der Waals surface area (Å²) >= 11 is 0. The molecular formula is C27H47N9O5. The van der Waals surface area contributed by atoms with Crippen molar-refractivity contribution in [1.29, 1.82) is 0 Å². The van der Waals surface area contributed by atoms with Gasteiger partial charge in [-0.25, -0.2) is 4.99 Å². The van der Waals surface area contributed by atoms with Gasteiger partial charge in [0.25, 0.3) is 0 Å². The largest absolute Gasteiger partial charge is 0.394 e. The van der Waals surface area contributed by atoms with E-state index in [1.807, 2.05) is 12.1 Å². The highest BCUT2D eigenvalue weighted by Crippen LogP contribution is 2.14. The van der Waals surface area contributed by atoms with Crippen molar-refractivity contribution in [2.45, 2.75) is 70.5 Å². The Hall–Kier alpha value is -3.75. The molecule has 4 amide bonds. The highest BCUT2D eigenvalue weighted by atomic mass is 16.3. The molecule has 0 spiro atoms. The van der Waals surface area contributed by atoms with Crippen molar-refractivity contribution in [1.82, 2.24) is 20.9 Å². The van der Waals surface area contributed by atoms with Gasteiger partial charge < -0.3 is 48.9 Å². The van der Waals surface area contributed by atoms with Gasteiger partial charge in [-0.1, -0.05) is 12.1 Å². The van der Waals surface area contributed by atoms with Crippen molar-refractivity contribution < 1.29 is 24.3 Å². The minimum Gasteiger partial charge on any atom is -0.394 e. The normalized spacial score (nSPS) is 12.9. The molecule has 0 saturated carbocycles. The molecule has 0 aliphatic heterocycles. The quantitative estimate of drug-likeness (QED) is 0.0530. The summed E-state index contributed by atoms with van der Waals surface area (Å²) in [6, 6.07) is 5.00. The number of aryl methyl sites for hydroxylation is 1. The van der Waals surface area contributed by atoms with Crippen molar-refractivity contribution >= 4 is 35.3 Å². The minimum atomic E-state index is -1.05. The van der Waals surface area contributed by atoms with Crippen LogP contribution in [-0.2, 0) is 25.6 Å². The number of aliphatic hydroxyl groups is 1. The van der Waals surface area contributed by atoms with Gasteiger partial charge >= 0.3 is 0 Å².